The van der Waals surface area contributed by atoms with Crippen molar-refractivity contribution in [1.82, 2.24) is 9.97 Å². The van der Waals surface area contributed by atoms with Gasteiger partial charge in [-0.15, -0.1) is 0 Å². The fraction of sp³-hybridized carbons (Fsp3) is 0.400. The predicted molar refractivity (Wildman–Crippen MR) is 124 cm³/mol. The number of hydrogen-bond donors (Lipinski definition) is 1. The molecule has 1 heterocycles. The summed E-state index contributed by atoms with van der Waals surface area (Å²) in [7, 11) is 2.28. The third-order valence-electron chi connectivity index (χ3n) is 5.21. The first kappa shape index (κ1) is 22.0. The number of hydrogen-bond acceptors (Lipinski definition) is 1. The van der Waals surface area contributed by atoms with Crippen LogP contribution < -0.4 is 0 Å². The van der Waals surface area contributed by atoms with E-state index in [1.807, 2.05) is 0 Å². The van der Waals surface area contributed by atoms with Gasteiger partial charge in [-0.05, 0) is 40.5 Å². The van der Waals surface area contributed by atoms with Gasteiger partial charge in [-0.1, -0.05) is 89.0 Å². The SMILES string of the molecule is BCCCC(c1cccc(C(C)C)c1)c1cccc(C(C)C)c1.c1c[nH]cn1. The van der Waals surface area contributed by atoms with Crippen LogP contribution in [0.4, 0.5) is 0 Å². The summed E-state index contributed by atoms with van der Waals surface area (Å²) >= 11 is 0. The molecule has 0 fully saturated rings. The smallest absolute Gasteiger partial charge is 0.101 e. The molecule has 0 aliphatic carbocycles. The second-order valence-electron chi connectivity index (χ2n) is 8.11. The van der Waals surface area contributed by atoms with Crippen LogP contribution in [0.15, 0.2) is 67.3 Å². The average Bonchev–Trinajstić information content (AvgIpc) is 3.29. The molecule has 3 aromatic rings. The molecule has 2 aromatic carbocycles. The van der Waals surface area contributed by atoms with E-state index in [0.29, 0.717) is 17.8 Å². The zero-order valence-corrected chi connectivity index (χ0v) is 18.2. The van der Waals surface area contributed by atoms with Crippen molar-refractivity contribution in [3.63, 3.8) is 0 Å². The normalized spacial score (nSPS) is 11.0. The molecule has 148 valence electrons. The van der Waals surface area contributed by atoms with Gasteiger partial charge in [0.05, 0.1) is 6.33 Å². The summed E-state index contributed by atoms with van der Waals surface area (Å²) in [5, 5.41) is 0. The van der Waals surface area contributed by atoms with Gasteiger partial charge in [0, 0.05) is 18.3 Å². The van der Waals surface area contributed by atoms with E-state index in [1.54, 1.807) is 18.7 Å². The molecule has 0 spiro atoms. The largest absolute Gasteiger partial charge is 0.351 e. The van der Waals surface area contributed by atoms with Crippen molar-refractivity contribution in [2.75, 3.05) is 0 Å². The highest BCUT2D eigenvalue weighted by Gasteiger charge is 2.15. The molecule has 0 aliphatic heterocycles. The van der Waals surface area contributed by atoms with Crippen LogP contribution in [0.5, 0.6) is 0 Å². The minimum atomic E-state index is 0.521. The Labute approximate surface area is 172 Å². The quantitative estimate of drug-likeness (QED) is 0.483. The lowest BCUT2D eigenvalue weighted by Gasteiger charge is -2.21. The van der Waals surface area contributed by atoms with Crippen molar-refractivity contribution >= 4 is 7.85 Å². The first-order chi connectivity index (χ1) is 13.5. The van der Waals surface area contributed by atoms with Crippen molar-refractivity contribution in [1.29, 1.82) is 0 Å². The van der Waals surface area contributed by atoms with Gasteiger partial charge in [-0.2, -0.15) is 0 Å². The van der Waals surface area contributed by atoms with Crippen molar-refractivity contribution in [3.05, 3.63) is 89.5 Å². The lowest BCUT2D eigenvalue weighted by Crippen LogP contribution is -2.04. The maximum Gasteiger partial charge on any atom is 0.101 e. The lowest BCUT2D eigenvalue weighted by atomic mass is 9.82. The van der Waals surface area contributed by atoms with Crippen molar-refractivity contribution in [2.45, 2.75) is 64.6 Å². The Morgan fingerprint density at radius 3 is 1.75 bits per heavy atom. The second-order valence-corrected chi connectivity index (χ2v) is 8.11. The molecule has 0 atom stereocenters. The van der Waals surface area contributed by atoms with E-state index in [9.17, 15) is 0 Å². The van der Waals surface area contributed by atoms with Crippen molar-refractivity contribution in [2.24, 2.45) is 0 Å². The number of nitrogens with one attached hydrogen (secondary N) is 1. The standard InChI is InChI=1S/C22H31B.C3H4N2/c1-16(2)18-8-5-10-20(14-18)22(12-7-13-23)21-11-6-9-19(15-21)17(3)4;1-2-5-3-4-1/h5-6,8-11,14-17,22H,7,12-13,23H2,1-4H3;1-3H,(H,4,5). The summed E-state index contributed by atoms with van der Waals surface area (Å²) in [5.74, 6) is 1.69. The van der Waals surface area contributed by atoms with Crippen LogP contribution in [0.2, 0.25) is 6.32 Å². The minimum Gasteiger partial charge on any atom is -0.351 e. The third kappa shape index (κ3) is 6.71. The molecule has 0 radical (unpaired) electrons. The molecule has 0 unspecified atom stereocenters. The van der Waals surface area contributed by atoms with Crippen LogP contribution >= 0.6 is 0 Å². The van der Waals surface area contributed by atoms with E-state index in [-0.39, 0.29) is 0 Å². The monoisotopic (exact) mass is 374 g/mol. The molecule has 3 rings (SSSR count). The number of imidazole rings is 1. The topological polar surface area (TPSA) is 28.7 Å². The molecule has 28 heavy (non-hydrogen) atoms. The van der Waals surface area contributed by atoms with Gasteiger partial charge in [0.2, 0.25) is 0 Å². The molecule has 0 bridgehead atoms. The molecule has 1 N–H and O–H groups in total. The van der Waals surface area contributed by atoms with Crippen LogP contribution in [-0.2, 0) is 0 Å². The Morgan fingerprint density at radius 1 is 0.857 bits per heavy atom. The van der Waals surface area contributed by atoms with Gasteiger partial charge in [0.25, 0.3) is 0 Å². The Hall–Kier alpha value is -2.29. The van der Waals surface area contributed by atoms with E-state index >= 15 is 0 Å². The number of aromatic nitrogens is 2. The molecule has 0 saturated carbocycles. The van der Waals surface area contributed by atoms with Gasteiger partial charge in [0.15, 0.2) is 0 Å². The van der Waals surface area contributed by atoms with E-state index < -0.39 is 0 Å². The number of nitrogens with zero attached hydrogens (tertiary/aromatic N) is 1. The Kier molecular flexibility index (Phi) is 9.07. The highest BCUT2D eigenvalue weighted by atomic mass is 14.8. The Morgan fingerprint density at radius 2 is 1.39 bits per heavy atom. The van der Waals surface area contributed by atoms with Gasteiger partial charge >= 0.3 is 0 Å². The van der Waals surface area contributed by atoms with Crippen LogP contribution in [-0.4, -0.2) is 17.8 Å². The Balaban J connectivity index is 0.000000485. The molecule has 0 amide bonds. The van der Waals surface area contributed by atoms with Crippen LogP contribution in [0.1, 0.15) is 80.5 Å². The number of benzene rings is 2. The number of H-pyrrole nitrogens is 1. The average molecular weight is 374 g/mol. The first-order valence-electron chi connectivity index (χ1n) is 10.6. The fourth-order valence-corrected chi connectivity index (χ4v) is 3.42. The highest BCUT2D eigenvalue weighted by molar-refractivity contribution is 6.08. The Bertz CT molecular complexity index is 725. The summed E-state index contributed by atoms with van der Waals surface area (Å²) in [6, 6.07) is 18.5. The summed E-state index contributed by atoms with van der Waals surface area (Å²) in [6.07, 6.45) is 8.85. The molecule has 2 nitrogen and oxygen atoms in total. The summed E-state index contributed by atoms with van der Waals surface area (Å²) in [6.45, 7) is 9.11. The van der Waals surface area contributed by atoms with Crippen LogP contribution in [0.25, 0.3) is 0 Å². The first-order valence-corrected chi connectivity index (χ1v) is 10.6. The number of aromatic amines is 1. The third-order valence-corrected chi connectivity index (χ3v) is 5.21. The second kappa shape index (κ2) is 11.5. The predicted octanol–water partition coefficient (Wildman–Crippen LogP) is 6.31. The van der Waals surface area contributed by atoms with Crippen LogP contribution in [0.3, 0.4) is 0 Å². The van der Waals surface area contributed by atoms with Crippen molar-refractivity contribution in [3.8, 4) is 0 Å². The summed E-state index contributed by atoms with van der Waals surface area (Å²) in [4.78, 5) is 6.42. The molecular formula is C25H35BN2. The molecule has 0 aliphatic rings. The zero-order valence-electron chi connectivity index (χ0n) is 18.2. The van der Waals surface area contributed by atoms with E-state index in [4.69, 9.17) is 0 Å². The van der Waals surface area contributed by atoms with Crippen molar-refractivity contribution < 1.29 is 0 Å². The molecule has 0 saturated heterocycles. The summed E-state index contributed by atoms with van der Waals surface area (Å²) < 4.78 is 0. The van der Waals surface area contributed by atoms with Gasteiger partial charge in [0.1, 0.15) is 7.85 Å². The maximum atomic E-state index is 3.67. The zero-order chi connectivity index (χ0) is 20.4. The van der Waals surface area contributed by atoms with Crippen LogP contribution in [0, 0.1) is 0 Å². The minimum absolute atomic E-state index is 0.521. The maximum absolute atomic E-state index is 3.67. The summed E-state index contributed by atoms with van der Waals surface area (Å²) in [5.41, 5.74) is 5.85. The van der Waals surface area contributed by atoms with Gasteiger partial charge < -0.3 is 4.98 Å². The van der Waals surface area contributed by atoms with Gasteiger partial charge in [-0.3, -0.25) is 0 Å². The van der Waals surface area contributed by atoms with E-state index in [0.717, 1.165) is 0 Å². The lowest BCUT2D eigenvalue weighted by molar-refractivity contribution is 0.693. The van der Waals surface area contributed by atoms with Gasteiger partial charge in [-0.25, -0.2) is 4.98 Å². The molecule has 1 aromatic heterocycles. The molecular weight excluding hydrogens is 339 g/mol. The van der Waals surface area contributed by atoms with E-state index in [2.05, 4.69) is 94.0 Å². The fourth-order valence-electron chi connectivity index (χ4n) is 3.42. The van der Waals surface area contributed by atoms with E-state index in [1.165, 1.54) is 41.4 Å². The highest BCUT2D eigenvalue weighted by Crippen LogP contribution is 2.33. The molecule has 3 heteroatoms. The number of rotatable bonds is 7.